The molecule has 5 aliphatic heterocycles. The number of nitrogens with zero attached hydrogens (tertiary/aromatic N) is 5. The normalized spacial score (nSPS) is 28.5. The minimum absolute atomic E-state index is 0.0214. The first-order valence-corrected chi connectivity index (χ1v) is 15.7. The topological polar surface area (TPSA) is 95.9 Å². The highest BCUT2D eigenvalue weighted by molar-refractivity contribution is 6.03. The number of phenolic OH excluding ortho intramolecular Hbond substituents is 1. The first-order chi connectivity index (χ1) is 21.9. The number of terminal acetylenes is 1. The second kappa shape index (κ2) is 9.86. The van der Waals surface area contributed by atoms with E-state index in [1.165, 1.54) is 6.07 Å². The van der Waals surface area contributed by atoms with Crippen LogP contribution >= 0.6 is 0 Å². The number of hydrogen-bond donors (Lipinski definition) is 2. The van der Waals surface area contributed by atoms with Gasteiger partial charge < -0.3 is 24.8 Å². The number of aromatic hydroxyl groups is 1. The molecule has 2 aromatic carbocycles. The number of alkyl halides is 1. The molecule has 2 N–H and O–H groups in total. The molecule has 0 spiro atoms. The monoisotopic (exact) mass is 610 g/mol. The maximum absolute atomic E-state index is 16.8. The van der Waals surface area contributed by atoms with Crippen molar-refractivity contribution in [1.29, 1.82) is 0 Å². The van der Waals surface area contributed by atoms with Crippen LogP contribution in [0.5, 0.6) is 17.5 Å². The summed E-state index contributed by atoms with van der Waals surface area (Å²) >= 11 is 0. The Balaban J connectivity index is 1.24. The summed E-state index contributed by atoms with van der Waals surface area (Å²) in [6.07, 6.45) is 9.27. The average molecular weight is 611 g/mol. The fraction of sp³-hybridized carbons (Fsp3) is 0.441. The molecule has 3 unspecified atom stereocenters. The van der Waals surface area contributed by atoms with Gasteiger partial charge in [0, 0.05) is 48.1 Å². The van der Waals surface area contributed by atoms with Gasteiger partial charge in [0.2, 0.25) is 0 Å². The van der Waals surface area contributed by atoms with E-state index >= 15 is 4.39 Å². The van der Waals surface area contributed by atoms with E-state index in [0.29, 0.717) is 52.6 Å². The number of pyridine rings is 1. The van der Waals surface area contributed by atoms with Gasteiger partial charge >= 0.3 is 6.01 Å². The molecule has 7 heterocycles. The SMILES string of the molecule is C#Cc1cccc2cc(O)cc(-c3nc4nc(OC[C@@]56CCCN5C[C@H](F)C6)nc5c4c(c3F)OCC3C4CCC(CN53)N4)c12. The van der Waals surface area contributed by atoms with Crippen molar-refractivity contribution >= 4 is 27.6 Å². The number of anilines is 1. The zero-order chi connectivity index (χ0) is 30.4. The minimum atomic E-state index is -0.884. The second-order valence-electron chi connectivity index (χ2n) is 13.1. The van der Waals surface area contributed by atoms with Gasteiger partial charge in [0.1, 0.15) is 42.0 Å². The summed E-state index contributed by atoms with van der Waals surface area (Å²) in [4.78, 5) is 18.8. The number of piperazine rings is 1. The van der Waals surface area contributed by atoms with Crippen LogP contribution in [-0.2, 0) is 0 Å². The van der Waals surface area contributed by atoms with Gasteiger partial charge in [-0.15, -0.1) is 6.42 Å². The molecule has 0 amide bonds. The Hall–Kier alpha value is -4.27. The average Bonchev–Trinajstić information content (AvgIpc) is 3.66. The first kappa shape index (κ1) is 27.1. The molecule has 4 aromatic rings. The predicted molar refractivity (Wildman–Crippen MR) is 165 cm³/mol. The van der Waals surface area contributed by atoms with Crippen LogP contribution in [0.4, 0.5) is 14.6 Å². The van der Waals surface area contributed by atoms with Crippen molar-refractivity contribution in [2.45, 2.75) is 61.9 Å². The van der Waals surface area contributed by atoms with Crippen molar-refractivity contribution in [3.05, 3.63) is 41.7 Å². The van der Waals surface area contributed by atoms with Crippen molar-refractivity contribution in [2.24, 2.45) is 0 Å². The van der Waals surface area contributed by atoms with Crippen LogP contribution in [0.2, 0.25) is 0 Å². The molecule has 11 heteroatoms. The molecule has 0 aliphatic carbocycles. The molecule has 9 nitrogen and oxygen atoms in total. The maximum atomic E-state index is 16.8. The predicted octanol–water partition coefficient (Wildman–Crippen LogP) is 4.33. The fourth-order valence-electron chi connectivity index (χ4n) is 8.53. The van der Waals surface area contributed by atoms with E-state index in [-0.39, 0.29) is 65.7 Å². The van der Waals surface area contributed by atoms with Gasteiger partial charge in [-0.05, 0) is 55.8 Å². The molecule has 0 saturated carbocycles. The van der Waals surface area contributed by atoms with Crippen molar-refractivity contribution in [3.8, 4) is 41.1 Å². The zero-order valence-electron chi connectivity index (χ0n) is 24.6. The van der Waals surface area contributed by atoms with Crippen LogP contribution in [-0.4, -0.2) is 87.6 Å². The lowest BCUT2D eigenvalue weighted by Crippen LogP contribution is -2.60. The number of halogens is 2. The Bertz CT molecular complexity index is 1930. The third kappa shape index (κ3) is 4.08. The minimum Gasteiger partial charge on any atom is -0.508 e. The van der Waals surface area contributed by atoms with Gasteiger partial charge in [-0.2, -0.15) is 9.97 Å². The van der Waals surface area contributed by atoms with Gasteiger partial charge in [0.05, 0.1) is 11.6 Å². The smallest absolute Gasteiger partial charge is 0.320 e. The highest BCUT2D eigenvalue weighted by Crippen LogP contribution is 2.46. The van der Waals surface area contributed by atoms with Gasteiger partial charge in [0.25, 0.3) is 0 Å². The number of ether oxygens (including phenoxy) is 2. The third-order valence-corrected chi connectivity index (χ3v) is 10.5. The Labute approximate surface area is 258 Å². The van der Waals surface area contributed by atoms with Gasteiger partial charge in [0.15, 0.2) is 17.2 Å². The maximum Gasteiger partial charge on any atom is 0.320 e. The summed E-state index contributed by atoms with van der Waals surface area (Å²) in [5.41, 5.74) is 0.685. The van der Waals surface area contributed by atoms with Crippen molar-refractivity contribution < 1.29 is 23.4 Å². The van der Waals surface area contributed by atoms with E-state index in [1.807, 2.05) is 6.07 Å². The molecule has 2 aromatic heterocycles. The van der Waals surface area contributed by atoms with E-state index in [1.54, 1.807) is 18.2 Å². The van der Waals surface area contributed by atoms with E-state index in [9.17, 15) is 9.50 Å². The lowest BCUT2D eigenvalue weighted by atomic mass is 9.95. The number of aromatic nitrogens is 3. The van der Waals surface area contributed by atoms with Crippen LogP contribution in [0.15, 0.2) is 30.3 Å². The molecule has 45 heavy (non-hydrogen) atoms. The second-order valence-corrected chi connectivity index (χ2v) is 13.1. The summed E-state index contributed by atoms with van der Waals surface area (Å²) in [7, 11) is 0. The number of hydrogen-bond acceptors (Lipinski definition) is 9. The van der Waals surface area contributed by atoms with E-state index in [2.05, 4.69) is 21.0 Å². The summed E-state index contributed by atoms with van der Waals surface area (Å²) in [5, 5.41) is 16.0. The largest absolute Gasteiger partial charge is 0.508 e. The number of rotatable bonds is 4. The molecule has 0 radical (unpaired) electrons. The van der Waals surface area contributed by atoms with Crippen LogP contribution in [0.25, 0.3) is 33.1 Å². The molecule has 230 valence electrons. The van der Waals surface area contributed by atoms with Crippen LogP contribution in [0, 0.1) is 18.2 Å². The summed E-state index contributed by atoms with van der Waals surface area (Å²) in [5.74, 6) is 2.52. The molecule has 5 atom stereocenters. The fourth-order valence-corrected chi connectivity index (χ4v) is 8.53. The van der Waals surface area contributed by atoms with Crippen LogP contribution in [0.3, 0.4) is 0 Å². The molecular formula is C34H32F2N6O3. The molecule has 2 bridgehead atoms. The summed E-state index contributed by atoms with van der Waals surface area (Å²) in [6, 6.07) is 8.93. The molecule has 4 saturated heterocycles. The van der Waals surface area contributed by atoms with E-state index < -0.39 is 12.0 Å². The highest BCUT2D eigenvalue weighted by atomic mass is 19.1. The van der Waals surface area contributed by atoms with Gasteiger partial charge in [-0.3, -0.25) is 4.90 Å². The number of fused-ring (bicyclic) bond motifs is 7. The molecule has 4 fully saturated rings. The Kier molecular flexibility index (Phi) is 5.93. The molecule has 5 aliphatic rings. The van der Waals surface area contributed by atoms with Crippen LogP contribution in [0.1, 0.15) is 37.7 Å². The third-order valence-electron chi connectivity index (χ3n) is 10.5. The lowest BCUT2D eigenvalue weighted by molar-refractivity contribution is 0.107. The summed E-state index contributed by atoms with van der Waals surface area (Å²) in [6.45, 7) is 2.46. The molecular weight excluding hydrogens is 578 g/mol. The van der Waals surface area contributed by atoms with Gasteiger partial charge in [-0.25, -0.2) is 13.8 Å². The Morgan fingerprint density at radius 1 is 1.18 bits per heavy atom. The van der Waals surface area contributed by atoms with E-state index in [0.717, 1.165) is 32.2 Å². The first-order valence-electron chi connectivity index (χ1n) is 15.7. The standard InChI is InChI=1S/C34H32F2N6O3/c1-2-18-5-3-6-19-11-22(43)12-23(26(18)19)29-28(36)30-27-31(38-29)39-33(45-17-34-9-4-10-41(34)14-20(35)13-34)40-32(27)42-15-21-7-8-24(37-21)25(42)16-44-30/h1,3,5-6,11-12,20-21,24-25,37,43H,4,7-10,13-17H2/t20-,21?,24?,25?,34+/m1/s1. The van der Waals surface area contributed by atoms with Crippen molar-refractivity contribution in [3.63, 3.8) is 0 Å². The molecule has 9 rings (SSSR count). The highest BCUT2D eigenvalue weighted by Gasteiger charge is 2.50. The zero-order valence-corrected chi connectivity index (χ0v) is 24.6. The van der Waals surface area contributed by atoms with Gasteiger partial charge in [-0.1, -0.05) is 18.1 Å². The quantitative estimate of drug-likeness (QED) is 0.328. The summed E-state index contributed by atoms with van der Waals surface area (Å²) < 4.78 is 44.0. The van der Waals surface area contributed by atoms with E-state index in [4.69, 9.17) is 30.8 Å². The Morgan fingerprint density at radius 2 is 2.09 bits per heavy atom. The number of nitrogens with one attached hydrogen (secondary N) is 1. The Morgan fingerprint density at radius 3 is 2.98 bits per heavy atom. The number of phenols is 1. The van der Waals surface area contributed by atoms with Crippen molar-refractivity contribution in [1.82, 2.24) is 25.2 Å². The lowest BCUT2D eigenvalue weighted by Gasteiger charge is -2.40. The number of benzene rings is 2. The van der Waals surface area contributed by atoms with Crippen molar-refractivity contribution in [2.75, 3.05) is 37.7 Å². The van der Waals surface area contributed by atoms with Crippen LogP contribution < -0.4 is 19.7 Å².